The lowest BCUT2D eigenvalue weighted by atomic mass is 10.2. The van der Waals surface area contributed by atoms with Crippen LogP contribution in [0.4, 0.5) is 0 Å². The third kappa shape index (κ3) is 2.59. The Morgan fingerprint density at radius 2 is 2.33 bits per heavy atom. The van der Waals surface area contributed by atoms with E-state index >= 15 is 0 Å². The number of hydrogen-bond donors (Lipinski definition) is 2. The highest BCUT2D eigenvalue weighted by atomic mass is 32.1. The maximum Gasteiger partial charge on any atom is 0.0219 e. The van der Waals surface area contributed by atoms with Gasteiger partial charge in [-0.15, -0.1) is 0 Å². The van der Waals surface area contributed by atoms with E-state index in [0.717, 1.165) is 6.54 Å². The normalized spacial score (nSPS) is 13.2. The molecule has 0 saturated carbocycles. The van der Waals surface area contributed by atoms with E-state index in [0.29, 0.717) is 12.6 Å². The van der Waals surface area contributed by atoms with Crippen molar-refractivity contribution in [2.24, 2.45) is 5.73 Å². The average Bonchev–Trinajstić information content (AvgIpc) is 2.47. The molecule has 0 fully saturated rings. The number of rotatable bonds is 4. The zero-order valence-electron chi connectivity index (χ0n) is 7.63. The summed E-state index contributed by atoms with van der Waals surface area (Å²) in [7, 11) is 0. The highest BCUT2D eigenvalue weighted by molar-refractivity contribution is 7.08. The first kappa shape index (κ1) is 9.71. The lowest BCUT2D eigenvalue weighted by molar-refractivity contribution is 0.556. The summed E-state index contributed by atoms with van der Waals surface area (Å²) < 4.78 is 0. The molecule has 3 N–H and O–H groups in total. The summed E-state index contributed by atoms with van der Waals surface area (Å²) in [6.45, 7) is 5.87. The third-order valence-electron chi connectivity index (χ3n) is 1.96. The standard InChI is InChI=1S/C9H16N2S/c1-7-5-12-6-9(7)4-11-8(2)3-10/h5-6,8,11H,3-4,10H2,1-2H3/t8-/m0/s1. The summed E-state index contributed by atoms with van der Waals surface area (Å²) in [6, 6.07) is 0.407. The number of aryl methyl sites for hydroxylation is 1. The third-order valence-corrected chi connectivity index (χ3v) is 2.87. The second-order valence-corrected chi connectivity index (χ2v) is 3.84. The zero-order chi connectivity index (χ0) is 8.97. The Bertz CT molecular complexity index is 232. The van der Waals surface area contributed by atoms with Crippen LogP contribution in [0.1, 0.15) is 18.1 Å². The summed E-state index contributed by atoms with van der Waals surface area (Å²) in [5.74, 6) is 0. The summed E-state index contributed by atoms with van der Waals surface area (Å²) >= 11 is 1.75. The van der Waals surface area contributed by atoms with Crippen LogP contribution < -0.4 is 11.1 Å². The molecule has 0 unspecified atom stereocenters. The highest BCUT2D eigenvalue weighted by Crippen LogP contribution is 2.12. The van der Waals surface area contributed by atoms with Crippen molar-refractivity contribution in [2.75, 3.05) is 6.54 Å². The van der Waals surface area contributed by atoms with Gasteiger partial charge in [0.2, 0.25) is 0 Å². The van der Waals surface area contributed by atoms with Crippen molar-refractivity contribution in [3.63, 3.8) is 0 Å². The van der Waals surface area contributed by atoms with Gasteiger partial charge < -0.3 is 11.1 Å². The van der Waals surface area contributed by atoms with Gasteiger partial charge in [-0.05, 0) is 35.7 Å². The molecule has 2 nitrogen and oxygen atoms in total. The molecule has 1 atom stereocenters. The predicted octanol–water partition coefficient (Wildman–Crippen LogP) is 1.49. The van der Waals surface area contributed by atoms with Gasteiger partial charge in [0.25, 0.3) is 0 Å². The maximum absolute atomic E-state index is 5.49. The van der Waals surface area contributed by atoms with Crippen LogP contribution >= 0.6 is 11.3 Å². The van der Waals surface area contributed by atoms with Crippen molar-refractivity contribution in [2.45, 2.75) is 26.4 Å². The maximum atomic E-state index is 5.49. The van der Waals surface area contributed by atoms with E-state index in [-0.39, 0.29) is 0 Å². The second kappa shape index (κ2) is 4.60. The summed E-state index contributed by atoms with van der Waals surface area (Å²) in [6.07, 6.45) is 0. The van der Waals surface area contributed by atoms with Crippen molar-refractivity contribution in [1.29, 1.82) is 0 Å². The molecule has 1 aromatic rings. The molecule has 1 aromatic heterocycles. The van der Waals surface area contributed by atoms with E-state index in [9.17, 15) is 0 Å². The van der Waals surface area contributed by atoms with Crippen LogP contribution in [0.2, 0.25) is 0 Å². The summed E-state index contributed by atoms with van der Waals surface area (Å²) in [5, 5.41) is 7.71. The van der Waals surface area contributed by atoms with Crippen LogP contribution in [-0.4, -0.2) is 12.6 Å². The molecule has 0 aliphatic rings. The van der Waals surface area contributed by atoms with E-state index in [1.165, 1.54) is 11.1 Å². The average molecular weight is 184 g/mol. The molecule has 12 heavy (non-hydrogen) atoms. The largest absolute Gasteiger partial charge is 0.329 e. The fraction of sp³-hybridized carbons (Fsp3) is 0.556. The molecule has 0 spiro atoms. The van der Waals surface area contributed by atoms with Crippen molar-refractivity contribution >= 4 is 11.3 Å². The minimum atomic E-state index is 0.407. The number of thiophene rings is 1. The second-order valence-electron chi connectivity index (χ2n) is 3.10. The van der Waals surface area contributed by atoms with Crippen molar-refractivity contribution in [3.8, 4) is 0 Å². The van der Waals surface area contributed by atoms with Gasteiger partial charge in [0, 0.05) is 19.1 Å². The van der Waals surface area contributed by atoms with E-state index in [1.54, 1.807) is 11.3 Å². The molecule has 0 aromatic carbocycles. The van der Waals surface area contributed by atoms with Crippen molar-refractivity contribution in [1.82, 2.24) is 5.32 Å². The SMILES string of the molecule is Cc1cscc1CN[C@@H](C)CN. The van der Waals surface area contributed by atoms with Crippen LogP contribution in [0.5, 0.6) is 0 Å². The van der Waals surface area contributed by atoms with Crippen LogP contribution in [-0.2, 0) is 6.54 Å². The van der Waals surface area contributed by atoms with Gasteiger partial charge in [0.15, 0.2) is 0 Å². The van der Waals surface area contributed by atoms with Gasteiger partial charge in [0.05, 0.1) is 0 Å². The summed E-state index contributed by atoms with van der Waals surface area (Å²) in [5.41, 5.74) is 8.25. The number of nitrogens with one attached hydrogen (secondary N) is 1. The first-order valence-corrected chi connectivity index (χ1v) is 5.13. The number of nitrogens with two attached hydrogens (primary N) is 1. The Labute approximate surface area is 77.8 Å². The van der Waals surface area contributed by atoms with Gasteiger partial charge in [-0.2, -0.15) is 11.3 Å². The molecule has 0 saturated heterocycles. The molecule has 3 heteroatoms. The molecule has 0 radical (unpaired) electrons. The molecule has 0 aliphatic carbocycles. The first-order chi connectivity index (χ1) is 5.74. The molecule has 0 bridgehead atoms. The Morgan fingerprint density at radius 3 is 2.83 bits per heavy atom. The number of hydrogen-bond acceptors (Lipinski definition) is 3. The van der Waals surface area contributed by atoms with Gasteiger partial charge in [0.1, 0.15) is 0 Å². The van der Waals surface area contributed by atoms with Crippen LogP contribution in [0.3, 0.4) is 0 Å². The Morgan fingerprint density at radius 1 is 1.58 bits per heavy atom. The highest BCUT2D eigenvalue weighted by Gasteiger charge is 2.01. The lowest BCUT2D eigenvalue weighted by Gasteiger charge is -2.10. The minimum Gasteiger partial charge on any atom is -0.329 e. The van der Waals surface area contributed by atoms with E-state index in [1.807, 2.05) is 0 Å². The topological polar surface area (TPSA) is 38.0 Å². The Kier molecular flexibility index (Phi) is 3.72. The van der Waals surface area contributed by atoms with Gasteiger partial charge >= 0.3 is 0 Å². The van der Waals surface area contributed by atoms with Gasteiger partial charge in [-0.3, -0.25) is 0 Å². The summed E-state index contributed by atoms with van der Waals surface area (Å²) in [4.78, 5) is 0. The molecule has 1 rings (SSSR count). The van der Waals surface area contributed by atoms with E-state index in [4.69, 9.17) is 5.73 Å². The fourth-order valence-electron chi connectivity index (χ4n) is 0.935. The molecule has 0 aliphatic heterocycles. The van der Waals surface area contributed by atoms with Crippen LogP contribution in [0, 0.1) is 6.92 Å². The zero-order valence-corrected chi connectivity index (χ0v) is 8.45. The Balaban J connectivity index is 2.38. The van der Waals surface area contributed by atoms with E-state index < -0.39 is 0 Å². The van der Waals surface area contributed by atoms with Crippen LogP contribution in [0.25, 0.3) is 0 Å². The Hall–Kier alpha value is -0.380. The quantitative estimate of drug-likeness (QED) is 0.744. The van der Waals surface area contributed by atoms with Crippen molar-refractivity contribution < 1.29 is 0 Å². The first-order valence-electron chi connectivity index (χ1n) is 4.19. The lowest BCUT2D eigenvalue weighted by Crippen LogP contribution is -2.32. The van der Waals surface area contributed by atoms with Gasteiger partial charge in [-0.25, -0.2) is 0 Å². The molecule has 68 valence electrons. The molecular weight excluding hydrogens is 168 g/mol. The van der Waals surface area contributed by atoms with E-state index in [2.05, 4.69) is 29.9 Å². The monoisotopic (exact) mass is 184 g/mol. The predicted molar refractivity (Wildman–Crippen MR) is 54.4 cm³/mol. The fourth-order valence-corrected chi connectivity index (χ4v) is 1.79. The molecular formula is C9H16N2S. The molecule has 1 heterocycles. The van der Waals surface area contributed by atoms with Crippen molar-refractivity contribution in [3.05, 3.63) is 21.9 Å². The molecule has 0 amide bonds. The smallest absolute Gasteiger partial charge is 0.0219 e. The van der Waals surface area contributed by atoms with Gasteiger partial charge in [-0.1, -0.05) is 0 Å². The minimum absolute atomic E-state index is 0.407. The van der Waals surface area contributed by atoms with Crippen LogP contribution in [0.15, 0.2) is 10.8 Å².